The number of para-hydroxylation sites is 1. The van der Waals surface area contributed by atoms with Crippen molar-refractivity contribution in [2.45, 2.75) is 6.54 Å². The van der Waals surface area contributed by atoms with Crippen molar-refractivity contribution >= 4 is 22.5 Å². The number of aromatic nitrogens is 2. The van der Waals surface area contributed by atoms with Gasteiger partial charge in [0.05, 0.1) is 22.5 Å². The molecule has 0 fully saturated rings. The molecule has 0 spiro atoms. The van der Waals surface area contributed by atoms with E-state index in [4.69, 9.17) is 0 Å². The van der Waals surface area contributed by atoms with E-state index in [9.17, 15) is 19.7 Å². The molecule has 0 atom stereocenters. The molecule has 8 heteroatoms. The number of amides is 1. The molecule has 0 bridgehead atoms. The number of aromatic amines is 1. The van der Waals surface area contributed by atoms with Crippen LogP contribution in [0, 0.1) is 10.1 Å². The zero-order chi connectivity index (χ0) is 17.1. The molecule has 3 aromatic rings. The van der Waals surface area contributed by atoms with Gasteiger partial charge in [-0.3, -0.25) is 24.7 Å². The minimum Gasteiger partial charge on any atom is -0.355 e. The highest BCUT2D eigenvalue weighted by Crippen LogP contribution is 2.21. The Balaban J connectivity index is 1.93. The first-order chi connectivity index (χ1) is 11.6. The van der Waals surface area contributed by atoms with Crippen molar-refractivity contribution in [3.63, 3.8) is 0 Å². The van der Waals surface area contributed by atoms with Gasteiger partial charge in [-0.2, -0.15) is 0 Å². The number of carbonyl (C=O) groups is 1. The highest BCUT2D eigenvalue weighted by atomic mass is 16.6. The molecule has 0 unspecified atom stereocenters. The number of pyridine rings is 2. The summed E-state index contributed by atoms with van der Waals surface area (Å²) in [5.41, 5.74) is -0.151. The number of carbonyl (C=O) groups excluding carboxylic acids is 1. The number of nitrogens with one attached hydrogen (secondary N) is 2. The third-order valence-corrected chi connectivity index (χ3v) is 3.49. The van der Waals surface area contributed by atoms with Crippen LogP contribution in [0.3, 0.4) is 0 Å². The Morgan fingerprint density at radius 1 is 1.25 bits per heavy atom. The molecule has 1 amide bonds. The van der Waals surface area contributed by atoms with E-state index < -0.39 is 16.3 Å². The molecule has 24 heavy (non-hydrogen) atoms. The van der Waals surface area contributed by atoms with Gasteiger partial charge >= 0.3 is 0 Å². The second-order valence-electron chi connectivity index (χ2n) is 4.99. The van der Waals surface area contributed by atoms with Gasteiger partial charge in [0.15, 0.2) is 0 Å². The van der Waals surface area contributed by atoms with Crippen molar-refractivity contribution in [1.82, 2.24) is 15.3 Å². The van der Waals surface area contributed by atoms with Gasteiger partial charge in [0.2, 0.25) is 5.43 Å². The Morgan fingerprint density at radius 3 is 2.79 bits per heavy atom. The molecule has 0 aliphatic heterocycles. The van der Waals surface area contributed by atoms with Crippen molar-refractivity contribution in [3.05, 3.63) is 80.4 Å². The van der Waals surface area contributed by atoms with Crippen molar-refractivity contribution in [3.8, 4) is 0 Å². The third kappa shape index (κ3) is 2.84. The zero-order valence-corrected chi connectivity index (χ0v) is 12.4. The van der Waals surface area contributed by atoms with Crippen LogP contribution < -0.4 is 10.7 Å². The first-order valence-electron chi connectivity index (χ1n) is 7.05. The number of H-pyrrole nitrogens is 1. The summed E-state index contributed by atoms with van der Waals surface area (Å²) >= 11 is 0. The predicted octanol–water partition coefficient (Wildman–Crippen LogP) is 1.76. The number of nitro benzene ring substituents is 1. The van der Waals surface area contributed by atoms with Crippen LogP contribution in [0.2, 0.25) is 0 Å². The van der Waals surface area contributed by atoms with Crippen LogP contribution in [0.25, 0.3) is 10.9 Å². The van der Waals surface area contributed by atoms with Crippen LogP contribution in [-0.4, -0.2) is 20.8 Å². The Kier molecular flexibility index (Phi) is 4.02. The minimum atomic E-state index is -0.584. The molecule has 0 aliphatic rings. The zero-order valence-electron chi connectivity index (χ0n) is 12.4. The van der Waals surface area contributed by atoms with Gasteiger partial charge < -0.3 is 10.3 Å². The van der Waals surface area contributed by atoms with E-state index in [2.05, 4.69) is 15.3 Å². The van der Waals surface area contributed by atoms with Crippen molar-refractivity contribution in [2.75, 3.05) is 0 Å². The average Bonchev–Trinajstić information content (AvgIpc) is 2.60. The van der Waals surface area contributed by atoms with Crippen molar-refractivity contribution in [2.24, 2.45) is 0 Å². The standard InChI is InChI=1S/C16H12N4O4/c21-15-11-5-3-6-13(20(23)24)14(11)18-9-12(15)16(22)19-8-10-4-1-2-7-17-10/h1-7,9H,8H2,(H,18,21)(H,19,22). The van der Waals surface area contributed by atoms with Crippen molar-refractivity contribution < 1.29 is 9.72 Å². The van der Waals surface area contributed by atoms with Gasteiger partial charge in [0.1, 0.15) is 11.1 Å². The molecule has 8 nitrogen and oxygen atoms in total. The molecule has 0 saturated carbocycles. The fourth-order valence-electron chi connectivity index (χ4n) is 2.33. The highest BCUT2D eigenvalue weighted by Gasteiger charge is 2.18. The number of non-ortho nitro benzene ring substituents is 1. The number of nitrogens with zero attached hydrogens (tertiary/aromatic N) is 2. The number of hydrogen-bond donors (Lipinski definition) is 2. The van der Waals surface area contributed by atoms with Gasteiger partial charge in [0, 0.05) is 18.5 Å². The Labute approximate surface area is 135 Å². The molecule has 0 aliphatic carbocycles. The fraction of sp³-hybridized carbons (Fsp3) is 0.0625. The van der Waals surface area contributed by atoms with Gasteiger partial charge in [-0.05, 0) is 18.2 Å². The van der Waals surface area contributed by atoms with E-state index in [1.54, 1.807) is 24.4 Å². The summed E-state index contributed by atoms with van der Waals surface area (Å²) in [6, 6.07) is 9.43. The molecule has 3 rings (SSSR count). The number of hydrogen-bond acceptors (Lipinski definition) is 5. The fourth-order valence-corrected chi connectivity index (χ4v) is 2.33. The smallest absolute Gasteiger partial charge is 0.293 e. The summed E-state index contributed by atoms with van der Waals surface area (Å²) in [7, 11) is 0. The number of rotatable bonds is 4. The lowest BCUT2D eigenvalue weighted by atomic mass is 10.1. The van der Waals surface area contributed by atoms with E-state index in [1.165, 1.54) is 24.4 Å². The number of fused-ring (bicyclic) bond motifs is 1. The molecule has 2 heterocycles. The lowest BCUT2D eigenvalue weighted by Gasteiger charge is -2.06. The van der Waals surface area contributed by atoms with Crippen LogP contribution in [0.1, 0.15) is 16.1 Å². The maximum absolute atomic E-state index is 12.4. The second-order valence-corrected chi connectivity index (χ2v) is 4.99. The molecular weight excluding hydrogens is 312 g/mol. The monoisotopic (exact) mass is 324 g/mol. The van der Waals surface area contributed by atoms with E-state index in [0.29, 0.717) is 5.69 Å². The van der Waals surface area contributed by atoms with Crippen LogP contribution in [0.15, 0.2) is 53.6 Å². The molecule has 0 saturated heterocycles. The Morgan fingerprint density at radius 2 is 2.08 bits per heavy atom. The van der Waals surface area contributed by atoms with E-state index in [-0.39, 0.29) is 28.7 Å². The molecule has 0 radical (unpaired) electrons. The maximum Gasteiger partial charge on any atom is 0.293 e. The first kappa shape index (κ1) is 15.3. The minimum absolute atomic E-state index is 0.0915. The summed E-state index contributed by atoms with van der Waals surface area (Å²) in [4.78, 5) is 41.8. The van der Waals surface area contributed by atoms with Crippen LogP contribution >= 0.6 is 0 Å². The first-order valence-corrected chi connectivity index (χ1v) is 7.05. The second kappa shape index (κ2) is 6.29. The van der Waals surface area contributed by atoms with E-state index in [1.807, 2.05) is 0 Å². The third-order valence-electron chi connectivity index (χ3n) is 3.49. The summed E-state index contributed by atoms with van der Waals surface area (Å²) < 4.78 is 0. The molecule has 120 valence electrons. The van der Waals surface area contributed by atoms with E-state index >= 15 is 0 Å². The Bertz CT molecular complexity index is 982. The Hall–Kier alpha value is -3.55. The summed E-state index contributed by atoms with van der Waals surface area (Å²) in [5.74, 6) is -0.574. The van der Waals surface area contributed by atoms with E-state index in [0.717, 1.165) is 0 Å². The van der Waals surface area contributed by atoms with Gasteiger partial charge in [-0.15, -0.1) is 0 Å². The largest absolute Gasteiger partial charge is 0.355 e. The summed E-state index contributed by atoms with van der Waals surface area (Å²) in [5, 5.41) is 13.7. The number of nitro groups is 1. The van der Waals surface area contributed by atoms with Crippen LogP contribution in [-0.2, 0) is 6.54 Å². The van der Waals surface area contributed by atoms with Gasteiger partial charge in [0.25, 0.3) is 11.6 Å². The van der Waals surface area contributed by atoms with Crippen LogP contribution in [0.5, 0.6) is 0 Å². The predicted molar refractivity (Wildman–Crippen MR) is 86.6 cm³/mol. The topological polar surface area (TPSA) is 118 Å². The van der Waals surface area contributed by atoms with Gasteiger partial charge in [-0.25, -0.2) is 0 Å². The summed E-state index contributed by atoms with van der Waals surface area (Å²) in [6.07, 6.45) is 2.79. The van der Waals surface area contributed by atoms with Crippen LogP contribution in [0.4, 0.5) is 5.69 Å². The van der Waals surface area contributed by atoms with Gasteiger partial charge in [-0.1, -0.05) is 12.1 Å². The maximum atomic E-state index is 12.4. The van der Waals surface area contributed by atoms with Crippen molar-refractivity contribution in [1.29, 1.82) is 0 Å². The average molecular weight is 324 g/mol. The summed E-state index contributed by atoms with van der Waals surface area (Å²) in [6.45, 7) is 0.173. The highest BCUT2D eigenvalue weighted by molar-refractivity contribution is 5.98. The SMILES string of the molecule is O=C(NCc1ccccn1)c1c[nH]c2c([N+](=O)[O-])cccc2c1=O. The molecule has 1 aromatic carbocycles. The lowest BCUT2D eigenvalue weighted by Crippen LogP contribution is -2.28. The molecular formula is C16H12N4O4. The lowest BCUT2D eigenvalue weighted by molar-refractivity contribution is -0.383. The normalized spacial score (nSPS) is 10.5. The molecule has 2 aromatic heterocycles. The quantitative estimate of drug-likeness (QED) is 0.560. The molecule has 2 N–H and O–H groups in total. The number of benzene rings is 1.